The summed E-state index contributed by atoms with van der Waals surface area (Å²) in [6, 6.07) is -0.0123. The molecule has 0 saturated carbocycles. The van der Waals surface area contributed by atoms with Gasteiger partial charge in [0.15, 0.2) is 0 Å². The molecule has 1 aliphatic rings. The molecular weight excluding hydrogens is 298 g/mol. The third-order valence-electron chi connectivity index (χ3n) is 4.08. The minimum atomic E-state index is -0.0123. The van der Waals surface area contributed by atoms with Crippen molar-refractivity contribution in [2.24, 2.45) is 0 Å². The van der Waals surface area contributed by atoms with Crippen molar-refractivity contribution in [3.05, 3.63) is 33.8 Å². The maximum absolute atomic E-state index is 12.3. The minimum absolute atomic E-state index is 0.0123. The molecule has 2 N–H and O–H groups in total. The van der Waals surface area contributed by atoms with Gasteiger partial charge in [0.25, 0.3) is 0 Å². The van der Waals surface area contributed by atoms with Crippen LogP contribution in [0.3, 0.4) is 0 Å². The topological polar surface area (TPSA) is 73.9 Å². The molecule has 0 bridgehead atoms. The molecule has 0 aromatic carbocycles. The fourth-order valence-corrected chi connectivity index (χ4v) is 3.64. The van der Waals surface area contributed by atoms with Crippen LogP contribution in [0.1, 0.15) is 40.2 Å². The number of nitrogens with one attached hydrogen (secondary N) is 2. The van der Waals surface area contributed by atoms with Crippen LogP contribution in [0.2, 0.25) is 0 Å². The summed E-state index contributed by atoms with van der Waals surface area (Å²) in [4.78, 5) is 27.4. The van der Waals surface area contributed by atoms with E-state index in [1.807, 2.05) is 18.0 Å². The highest BCUT2D eigenvalue weighted by molar-refractivity contribution is 7.11. The number of H-pyrrole nitrogens is 1. The van der Waals surface area contributed by atoms with Gasteiger partial charge < -0.3 is 15.2 Å². The van der Waals surface area contributed by atoms with Crippen LogP contribution < -0.4 is 5.32 Å². The Labute approximate surface area is 134 Å². The number of nitrogens with zero attached hydrogens (tertiary/aromatic N) is 3. The summed E-state index contributed by atoms with van der Waals surface area (Å²) in [5.74, 6) is 1.28. The second-order valence-electron chi connectivity index (χ2n) is 5.67. The number of aromatic nitrogens is 3. The van der Waals surface area contributed by atoms with E-state index in [1.165, 1.54) is 4.88 Å². The quantitative estimate of drug-likeness (QED) is 0.913. The van der Waals surface area contributed by atoms with Gasteiger partial charge in [0.05, 0.1) is 12.2 Å². The predicted octanol–water partition coefficient (Wildman–Crippen LogP) is 2.57. The lowest BCUT2D eigenvalue weighted by molar-refractivity contribution is 0.178. The fourth-order valence-electron chi connectivity index (χ4n) is 2.76. The molecule has 2 amide bonds. The second-order valence-corrected chi connectivity index (χ2v) is 6.96. The summed E-state index contributed by atoms with van der Waals surface area (Å²) in [6.07, 6.45) is 5.68. The molecule has 3 rings (SSSR count). The van der Waals surface area contributed by atoms with Crippen molar-refractivity contribution in [3.63, 3.8) is 0 Å². The monoisotopic (exact) mass is 319 g/mol. The molecule has 0 unspecified atom stereocenters. The van der Waals surface area contributed by atoms with Gasteiger partial charge in [-0.2, -0.15) is 0 Å². The van der Waals surface area contributed by atoms with E-state index in [2.05, 4.69) is 27.2 Å². The number of hydrogen-bond acceptors (Lipinski definition) is 4. The summed E-state index contributed by atoms with van der Waals surface area (Å²) in [5, 5.41) is 3.94. The number of imidazole rings is 1. The molecule has 7 heteroatoms. The van der Waals surface area contributed by atoms with E-state index in [0.717, 1.165) is 42.5 Å². The van der Waals surface area contributed by atoms with Gasteiger partial charge >= 0.3 is 6.03 Å². The van der Waals surface area contributed by atoms with Crippen molar-refractivity contribution in [2.75, 3.05) is 13.1 Å². The average molecular weight is 319 g/mol. The smallest absolute Gasteiger partial charge is 0.317 e. The van der Waals surface area contributed by atoms with Crippen LogP contribution in [-0.2, 0) is 6.54 Å². The Hall–Kier alpha value is -1.89. The molecule has 1 atom stereocenters. The van der Waals surface area contributed by atoms with Crippen molar-refractivity contribution >= 4 is 17.4 Å². The number of amides is 2. The van der Waals surface area contributed by atoms with E-state index in [-0.39, 0.29) is 6.03 Å². The van der Waals surface area contributed by atoms with Gasteiger partial charge in [-0.3, -0.25) is 0 Å². The Bertz CT molecular complexity index is 617. The number of likely N-dealkylation sites (tertiary alicyclic amines) is 1. The van der Waals surface area contributed by atoms with Crippen LogP contribution in [0.5, 0.6) is 0 Å². The first-order valence-corrected chi connectivity index (χ1v) is 8.40. The zero-order valence-electron chi connectivity index (χ0n) is 12.9. The van der Waals surface area contributed by atoms with Crippen LogP contribution in [0.15, 0.2) is 12.4 Å². The zero-order chi connectivity index (χ0) is 15.5. The summed E-state index contributed by atoms with van der Waals surface area (Å²) < 4.78 is 0. The maximum atomic E-state index is 12.3. The number of carbonyl (C=O) groups is 1. The van der Waals surface area contributed by atoms with Crippen molar-refractivity contribution in [1.82, 2.24) is 25.2 Å². The number of thiazole rings is 1. The van der Waals surface area contributed by atoms with E-state index >= 15 is 0 Å². The molecule has 0 radical (unpaired) electrons. The first-order chi connectivity index (χ1) is 10.6. The van der Waals surface area contributed by atoms with Gasteiger partial charge in [-0.1, -0.05) is 0 Å². The van der Waals surface area contributed by atoms with Gasteiger partial charge in [-0.15, -0.1) is 11.3 Å². The third-order valence-corrected chi connectivity index (χ3v) is 5.15. The van der Waals surface area contributed by atoms with Crippen molar-refractivity contribution in [1.29, 1.82) is 0 Å². The molecule has 0 aliphatic carbocycles. The normalized spacial score (nSPS) is 18.5. The van der Waals surface area contributed by atoms with Crippen molar-refractivity contribution in [3.8, 4) is 0 Å². The van der Waals surface area contributed by atoms with Crippen LogP contribution >= 0.6 is 11.3 Å². The van der Waals surface area contributed by atoms with Crippen molar-refractivity contribution in [2.45, 2.75) is 39.2 Å². The third kappa shape index (κ3) is 3.30. The van der Waals surface area contributed by atoms with Gasteiger partial charge in [0.1, 0.15) is 10.8 Å². The highest BCUT2D eigenvalue weighted by atomic mass is 32.1. The standard InChI is InChI=1S/C15H21N5OS/c1-10-11(2)22-13(19-10)8-18-15(21)20-7-3-4-12(9-20)14-16-5-6-17-14/h5-6,12H,3-4,7-9H2,1-2H3,(H,16,17)(H,18,21)/t12-/m1/s1. The van der Waals surface area contributed by atoms with Crippen LogP contribution in [-0.4, -0.2) is 39.0 Å². The number of hydrogen-bond donors (Lipinski definition) is 2. The van der Waals surface area contributed by atoms with E-state index in [1.54, 1.807) is 17.5 Å². The molecule has 2 aromatic heterocycles. The fraction of sp³-hybridized carbons (Fsp3) is 0.533. The summed E-state index contributed by atoms with van der Waals surface area (Å²) >= 11 is 1.64. The van der Waals surface area contributed by atoms with E-state index < -0.39 is 0 Å². The molecule has 3 heterocycles. The molecule has 118 valence electrons. The lowest BCUT2D eigenvalue weighted by Crippen LogP contribution is -2.44. The Morgan fingerprint density at radius 2 is 2.41 bits per heavy atom. The van der Waals surface area contributed by atoms with E-state index in [9.17, 15) is 4.79 Å². The van der Waals surface area contributed by atoms with Crippen LogP contribution in [0, 0.1) is 13.8 Å². The average Bonchev–Trinajstić information content (AvgIpc) is 3.16. The number of carbonyl (C=O) groups excluding carboxylic acids is 1. The van der Waals surface area contributed by atoms with Gasteiger partial charge in [0, 0.05) is 36.3 Å². The highest BCUT2D eigenvalue weighted by Crippen LogP contribution is 2.24. The largest absolute Gasteiger partial charge is 0.348 e. The number of urea groups is 1. The molecular formula is C15H21N5OS. The number of aromatic amines is 1. The zero-order valence-corrected chi connectivity index (χ0v) is 13.7. The number of aryl methyl sites for hydroxylation is 2. The van der Waals surface area contributed by atoms with Gasteiger partial charge in [0.2, 0.25) is 0 Å². The summed E-state index contributed by atoms with van der Waals surface area (Å²) in [7, 11) is 0. The first kappa shape index (κ1) is 15.0. The number of rotatable bonds is 3. The van der Waals surface area contributed by atoms with E-state index in [0.29, 0.717) is 12.5 Å². The molecule has 0 spiro atoms. The SMILES string of the molecule is Cc1nc(CNC(=O)N2CCC[C@@H](c3ncc[nH]3)C2)sc1C. The Morgan fingerprint density at radius 3 is 3.09 bits per heavy atom. The van der Waals surface area contributed by atoms with Crippen molar-refractivity contribution < 1.29 is 4.79 Å². The Morgan fingerprint density at radius 1 is 1.55 bits per heavy atom. The maximum Gasteiger partial charge on any atom is 0.317 e. The van der Waals surface area contributed by atoms with Gasteiger partial charge in [-0.25, -0.2) is 14.8 Å². The molecule has 6 nitrogen and oxygen atoms in total. The lowest BCUT2D eigenvalue weighted by Gasteiger charge is -2.31. The van der Waals surface area contributed by atoms with Crippen LogP contribution in [0.4, 0.5) is 4.79 Å². The molecule has 1 saturated heterocycles. The van der Waals surface area contributed by atoms with E-state index in [4.69, 9.17) is 0 Å². The molecule has 22 heavy (non-hydrogen) atoms. The summed E-state index contributed by atoms with van der Waals surface area (Å²) in [6.45, 7) is 6.07. The molecule has 2 aromatic rings. The second kappa shape index (κ2) is 6.48. The Kier molecular flexibility index (Phi) is 4.42. The number of piperidine rings is 1. The highest BCUT2D eigenvalue weighted by Gasteiger charge is 2.26. The first-order valence-electron chi connectivity index (χ1n) is 7.58. The minimum Gasteiger partial charge on any atom is -0.348 e. The van der Waals surface area contributed by atoms with Crippen LogP contribution in [0.25, 0.3) is 0 Å². The summed E-state index contributed by atoms with van der Waals surface area (Å²) in [5.41, 5.74) is 1.05. The molecule has 1 aliphatic heterocycles. The molecule has 1 fully saturated rings. The van der Waals surface area contributed by atoms with Gasteiger partial charge in [-0.05, 0) is 26.7 Å². The Balaban J connectivity index is 1.55. The lowest BCUT2D eigenvalue weighted by atomic mass is 9.98. The predicted molar refractivity (Wildman–Crippen MR) is 86.0 cm³/mol.